The summed E-state index contributed by atoms with van der Waals surface area (Å²) in [6.07, 6.45) is 1.40. The van der Waals surface area contributed by atoms with E-state index in [0.29, 0.717) is 5.65 Å². The van der Waals surface area contributed by atoms with Crippen molar-refractivity contribution in [2.45, 2.75) is 0 Å². The minimum atomic E-state index is -0.325. The van der Waals surface area contributed by atoms with Gasteiger partial charge in [0.2, 0.25) is 5.95 Å². The molecule has 7 N–H and O–H groups in total. The molecule has 0 saturated carbocycles. The number of rotatable bonds is 0. The molecular weight excluding hydrogens is 178 g/mol. The van der Waals surface area contributed by atoms with Crippen LogP contribution < -0.4 is 11.3 Å². The Morgan fingerprint density at radius 3 is 2.85 bits per heavy atom. The highest BCUT2D eigenvalue weighted by molar-refractivity contribution is 5.69. The van der Waals surface area contributed by atoms with Crippen LogP contribution >= 0.6 is 0 Å². The number of hydrogen-bond donors (Lipinski definition) is 4. The summed E-state index contributed by atoms with van der Waals surface area (Å²) in [7, 11) is 0. The summed E-state index contributed by atoms with van der Waals surface area (Å²) in [5.41, 5.74) is 5.63. The standard InChI is InChI=1S/C5H5N5O.H2O.HO/c6-5-9-3-2(4(11)10-5)7-1-8-3;;/h1H,(H4,6,7,8,9,10,11);1H2;1H. The molecule has 2 heterocycles. The molecule has 0 unspecified atom stereocenters. The van der Waals surface area contributed by atoms with Crippen molar-refractivity contribution in [2.24, 2.45) is 0 Å². The van der Waals surface area contributed by atoms with Gasteiger partial charge in [0.15, 0.2) is 11.2 Å². The SMILES string of the molecule is Nc1nc2[nH]cnc2c(=O)[nH]1.O.[OH]. The van der Waals surface area contributed by atoms with Gasteiger partial charge in [-0.25, -0.2) is 4.98 Å². The van der Waals surface area contributed by atoms with Gasteiger partial charge < -0.3 is 16.2 Å². The van der Waals surface area contributed by atoms with Gasteiger partial charge in [0.1, 0.15) is 0 Å². The summed E-state index contributed by atoms with van der Waals surface area (Å²) in [6, 6.07) is 0. The fourth-order valence-electron chi connectivity index (χ4n) is 0.863. The van der Waals surface area contributed by atoms with E-state index in [9.17, 15) is 4.79 Å². The fourth-order valence-corrected chi connectivity index (χ4v) is 0.863. The first-order chi connectivity index (χ1) is 5.27. The minimum absolute atomic E-state index is 0. The summed E-state index contributed by atoms with van der Waals surface area (Å²) in [5, 5.41) is 0. The average Bonchev–Trinajstić information content (AvgIpc) is 2.34. The maximum absolute atomic E-state index is 11.0. The summed E-state index contributed by atoms with van der Waals surface area (Å²) in [6.45, 7) is 0. The molecule has 8 nitrogen and oxygen atoms in total. The third-order valence-electron chi connectivity index (χ3n) is 1.31. The monoisotopic (exact) mass is 186 g/mol. The van der Waals surface area contributed by atoms with E-state index in [-0.39, 0.29) is 28.0 Å². The van der Waals surface area contributed by atoms with Crippen molar-refractivity contribution in [3.8, 4) is 0 Å². The van der Waals surface area contributed by atoms with E-state index >= 15 is 0 Å². The average molecular weight is 186 g/mol. The Hall–Kier alpha value is -1.93. The first-order valence-electron chi connectivity index (χ1n) is 2.96. The van der Waals surface area contributed by atoms with Crippen LogP contribution in [0.3, 0.4) is 0 Å². The third kappa shape index (κ3) is 1.63. The summed E-state index contributed by atoms with van der Waals surface area (Å²) in [4.78, 5) is 23.6. The predicted molar refractivity (Wildman–Crippen MR) is 44.5 cm³/mol. The van der Waals surface area contributed by atoms with Crippen molar-refractivity contribution in [3.05, 3.63) is 16.7 Å². The van der Waals surface area contributed by atoms with Crippen molar-refractivity contribution < 1.29 is 11.0 Å². The molecule has 8 heteroatoms. The van der Waals surface area contributed by atoms with Gasteiger partial charge in [-0.2, -0.15) is 4.98 Å². The lowest BCUT2D eigenvalue weighted by molar-refractivity contribution is 0.823. The summed E-state index contributed by atoms with van der Waals surface area (Å²) >= 11 is 0. The van der Waals surface area contributed by atoms with Gasteiger partial charge in [0.05, 0.1) is 6.33 Å². The van der Waals surface area contributed by atoms with Crippen LogP contribution in [0.25, 0.3) is 11.2 Å². The predicted octanol–water partition coefficient (Wildman–Crippen LogP) is -1.77. The maximum atomic E-state index is 11.0. The Kier molecular flexibility index (Phi) is 3.11. The van der Waals surface area contributed by atoms with Gasteiger partial charge in [0.25, 0.3) is 5.56 Å². The van der Waals surface area contributed by atoms with Gasteiger partial charge in [-0.15, -0.1) is 0 Å². The number of nitrogens with two attached hydrogens (primary N) is 1. The van der Waals surface area contributed by atoms with E-state index in [1.165, 1.54) is 6.33 Å². The Morgan fingerprint density at radius 1 is 1.46 bits per heavy atom. The second kappa shape index (κ2) is 3.65. The Bertz CT molecular complexity index is 447. The number of fused-ring (bicyclic) bond motifs is 1. The van der Waals surface area contributed by atoms with Crippen LogP contribution in [0.5, 0.6) is 0 Å². The van der Waals surface area contributed by atoms with Gasteiger partial charge in [-0.05, 0) is 0 Å². The molecule has 0 amide bonds. The van der Waals surface area contributed by atoms with Crippen LogP contribution in [-0.4, -0.2) is 30.9 Å². The second-order valence-electron chi connectivity index (χ2n) is 2.05. The number of nitrogens with one attached hydrogen (secondary N) is 2. The Morgan fingerprint density at radius 2 is 2.15 bits per heavy atom. The molecule has 0 spiro atoms. The number of aromatic nitrogens is 4. The molecule has 0 aliphatic rings. The number of aromatic amines is 2. The van der Waals surface area contributed by atoms with Crippen molar-refractivity contribution in [2.75, 3.05) is 5.73 Å². The quantitative estimate of drug-likeness (QED) is 0.382. The van der Waals surface area contributed by atoms with Crippen LogP contribution in [0.1, 0.15) is 0 Å². The van der Waals surface area contributed by atoms with Gasteiger partial charge in [-0.3, -0.25) is 15.3 Å². The first kappa shape index (κ1) is 11.1. The van der Waals surface area contributed by atoms with Crippen molar-refractivity contribution in [1.29, 1.82) is 0 Å². The van der Waals surface area contributed by atoms with Crippen molar-refractivity contribution in [3.63, 3.8) is 0 Å². The topological polar surface area (TPSA) is 162 Å². The van der Waals surface area contributed by atoms with Gasteiger partial charge in [-0.1, -0.05) is 0 Å². The number of H-pyrrole nitrogens is 2. The molecule has 2 rings (SSSR count). The lowest BCUT2D eigenvalue weighted by Gasteiger charge is -1.89. The highest BCUT2D eigenvalue weighted by atomic mass is 16.1. The molecule has 0 saturated heterocycles. The van der Waals surface area contributed by atoms with E-state index in [2.05, 4.69) is 19.9 Å². The molecular formula is C5H8N5O3. The minimum Gasteiger partial charge on any atom is -0.412 e. The largest absolute Gasteiger partial charge is 0.412 e. The number of nitrogen functional groups attached to an aromatic ring is 1. The smallest absolute Gasteiger partial charge is 0.280 e. The molecule has 2 aromatic rings. The number of hydrogen-bond acceptors (Lipinski definition) is 4. The second-order valence-corrected chi connectivity index (χ2v) is 2.05. The van der Waals surface area contributed by atoms with E-state index in [4.69, 9.17) is 5.73 Å². The van der Waals surface area contributed by atoms with E-state index in [1.54, 1.807) is 0 Å². The van der Waals surface area contributed by atoms with Gasteiger partial charge in [0, 0.05) is 0 Å². The molecule has 1 radical (unpaired) electrons. The zero-order valence-corrected chi connectivity index (χ0v) is 6.40. The van der Waals surface area contributed by atoms with Crippen molar-refractivity contribution >= 4 is 17.1 Å². The molecule has 0 bridgehead atoms. The van der Waals surface area contributed by atoms with Crippen LogP contribution in [0.2, 0.25) is 0 Å². The van der Waals surface area contributed by atoms with E-state index < -0.39 is 0 Å². The molecule has 0 fully saturated rings. The third-order valence-corrected chi connectivity index (χ3v) is 1.31. The summed E-state index contributed by atoms with van der Waals surface area (Å²) < 4.78 is 0. The highest BCUT2D eigenvalue weighted by Gasteiger charge is 2.01. The maximum Gasteiger partial charge on any atom is 0.280 e. The highest BCUT2D eigenvalue weighted by Crippen LogP contribution is 1.98. The van der Waals surface area contributed by atoms with Crippen molar-refractivity contribution in [1.82, 2.24) is 19.9 Å². The lowest BCUT2D eigenvalue weighted by Crippen LogP contribution is -2.10. The molecule has 0 aliphatic carbocycles. The van der Waals surface area contributed by atoms with Crippen LogP contribution in [0.15, 0.2) is 11.1 Å². The van der Waals surface area contributed by atoms with Gasteiger partial charge >= 0.3 is 0 Å². The Balaban J connectivity index is 0.000000720. The zero-order valence-electron chi connectivity index (χ0n) is 6.40. The molecule has 2 aromatic heterocycles. The fraction of sp³-hybridized carbons (Fsp3) is 0. The van der Waals surface area contributed by atoms with Crippen LogP contribution in [-0.2, 0) is 0 Å². The molecule has 0 aromatic carbocycles. The molecule has 0 aliphatic heterocycles. The lowest BCUT2D eigenvalue weighted by atomic mass is 10.5. The van der Waals surface area contributed by atoms with E-state index in [1.807, 2.05) is 0 Å². The summed E-state index contributed by atoms with van der Waals surface area (Å²) in [5.74, 6) is 0.0896. The molecule has 13 heavy (non-hydrogen) atoms. The number of nitrogens with zero attached hydrogens (tertiary/aromatic N) is 2. The van der Waals surface area contributed by atoms with Crippen LogP contribution in [0.4, 0.5) is 5.95 Å². The number of anilines is 1. The van der Waals surface area contributed by atoms with Crippen LogP contribution in [0, 0.1) is 0 Å². The normalized spacial score (nSPS) is 8.92. The first-order valence-corrected chi connectivity index (χ1v) is 2.96. The zero-order chi connectivity index (χ0) is 7.84. The Labute approximate surface area is 71.4 Å². The molecule has 71 valence electrons. The van der Waals surface area contributed by atoms with E-state index in [0.717, 1.165) is 0 Å². The molecule has 0 atom stereocenters. The number of imidazole rings is 1.